The van der Waals surface area contributed by atoms with E-state index in [0.29, 0.717) is 0 Å². The highest BCUT2D eigenvalue weighted by Crippen LogP contribution is 2.38. The van der Waals surface area contributed by atoms with Gasteiger partial charge in [0, 0.05) is 52.9 Å². The summed E-state index contributed by atoms with van der Waals surface area (Å²) in [4.78, 5) is 9.45. The first kappa shape index (κ1) is 29.7. The molecule has 6 aromatic rings. The minimum absolute atomic E-state index is 0.0208. The van der Waals surface area contributed by atoms with Crippen molar-refractivity contribution < 1.29 is 4.74 Å². The van der Waals surface area contributed by atoms with Gasteiger partial charge in [-0.1, -0.05) is 45.0 Å². The van der Waals surface area contributed by atoms with Gasteiger partial charge in [-0.3, -0.25) is 4.57 Å². The lowest BCUT2D eigenvalue weighted by Gasteiger charge is -2.27. The van der Waals surface area contributed by atoms with E-state index in [4.69, 9.17) is 9.72 Å². The number of pyridine rings is 1. The van der Waals surface area contributed by atoms with Crippen LogP contribution in [0.5, 0.6) is 11.5 Å². The molecule has 0 radical (unpaired) electrons. The molecule has 1 aliphatic rings. The third kappa shape index (κ3) is 5.00. The van der Waals surface area contributed by atoms with Gasteiger partial charge in [-0.2, -0.15) is 0 Å². The van der Waals surface area contributed by atoms with Gasteiger partial charge in [-0.25, -0.2) is 4.98 Å². The molecule has 0 aliphatic carbocycles. The maximum Gasteiger partial charge on any atom is 0.137 e. The molecule has 4 aromatic carbocycles. The lowest BCUT2D eigenvalue weighted by molar-refractivity contribution is 0.483. The molecule has 0 spiro atoms. The number of anilines is 2. The maximum atomic E-state index is 6.55. The van der Waals surface area contributed by atoms with E-state index in [2.05, 4.69) is 155 Å². The zero-order chi connectivity index (χ0) is 32.3. The van der Waals surface area contributed by atoms with Crippen LogP contribution >= 0.6 is 0 Å². The average Bonchev–Trinajstić information content (AvgIpc) is 3.66. The van der Waals surface area contributed by atoms with Gasteiger partial charge in [0.15, 0.2) is 0 Å². The minimum atomic E-state index is 0.0208. The number of para-hydroxylation sites is 1. The summed E-state index contributed by atoms with van der Waals surface area (Å²) in [6.45, 7) is 18.6. The van der Waals surface area contributed by atoms with E-state index in [1.165, 1.54) is 49.8 Å². The Kier molecular flexibility index (Phi) is 7.16. The van der Waals surface area contributed by atoms with Crippen molar-refractivity contribution in [2.24, 2.45) is 0 Å². The summed E-state index contributed by atoms with van der Waals surface area (Å²) in [6.07, 6.45) is 6.26. The number of hydrogen-bond donors (Lipinski definition) is 0. The number of rotatable bonds is 5. The lowest BCUT2D eigenvalue weighted by atomic mass is 9.88. The second-order valence-corrected chi connectivity index (χ2v) is 13.6. The Bertz CT molecular complexity index is 2140. The summed E-state index contributed by atoms with van der Waals surface area (Å²) in [5.74, 6) is 2.50. The fourth-order valence-electron chi connectivity index (χ4n) is 6.77. The van der Waals surface area contributed by atoms with E-state index < -0.39 is 0 Å². The topological polar surface area (TPSA) is 33.5 Å². The van der Waals surface area contributed by atoms with Crippen molar-refractivity contribution in [3.8, 4) is 17.3 Å². The number of benzene rings is 4. The van der Waals surface area contributed by atoms with Gasteiger partial charge >= 0.3 is 0 Å². The largest absolute Gasteiger partial charge is 0.457 e. The Morgan fingerprint density at radius 2 is 1.30 bits per heavy atom. The number of hydrogen-bond acceptors (Lipinski definition) is 4. The van der Waals surface area contributed by atoms with Gasteiger partial charge in [0.1, 0.15) is 17.3 Å². The molecular weight excluding hydrogens is 564 g/mol. The molecule has 46 heavy (non-hydrogen) atoms. The molecule has 0 bridgehead atoms. The Morgan fingerprint density at radius 3 is 2.07 bits per heavy atom. The first-order valence-electron chi connectivity index (χ1n) is 16.1. The van der Waals surface area contributed by atoms with Crippen LogP contribution in [-0.2, 0) is 5.41 Å². The molecule has 0 saturated heterocycles. The minimum Gasteiger partial charge on any atom is -0.457 e. The van der Waals surface area contributed by atoms with Crippen LogP contribution in [0.1, 0.15) is 54.2 Å². The van der Waals surface area contributed by atoms with Gasteiger partial charge in [0.05, 0.1) is 17.7 Å². The normalized spacial score (nSPS) is 13.4. The summed E-state index contributed by atoms with van der Waals surface area (Å²) < 4.78 is 8.80. The summed E-state index contributed by atoms with van der Waals surface area (Å²) in [7, 11) is 0. The van der Waals surface area contributed by atoms with Crippen molar-refractivity contribution >= 4 is 33.2 Å². The summed E-state index contributed by atoms with van der Waals surface area (Å²) >= 11 is 0. The highest BCUT2D eigenvalue weighted by Gasteiger charge is 2.22. The molecule has 1 aliphatic heterocycles. The summed E-state index contributed by atoms with van der Waals surface area (Å²) in [6, 6.07) is 27.6. The Hall–Kier alpha value is -5.03. The first-order valence-corrected chi connectivity index (χ1v) is 16.1. The van der Waals surface area contributed by atoms with Crippen molar-refractivity contribution in [2.45, 2.75) is 60.8 Å². The van der Waals surface area contributed by atoms with Gasteiger partial charge in [-0.05, 0) is 116 Å². The van der Waals surface area contributed by atoms with E-state index >= 15 is 0 Å². The van der Waals surface area contributed by atoms with Gasteiger partial charge in [0.25, 0.3) is 0 Å². The van der Waals surface area contributed by atoms with Crippen molar-refractivity contribution in [1.82, 2.24) is 9.55 Å². The van der Waals surface area contributed by atoms with E-state index in [-0.39, 0.29) is 5.41 Å². The lowest BCUT2D eigenvalue weighted by Crippen LogP contribution is -2.26. The van der Waals surface area contributed by atoms with Gasteiger partial charge in [-0.15, -0.1) is 0 Å². The van der Waals surface area contributed by atoms with Crippen molar-refractivity contribution in [3.63, 3.8) is 0 Å². The molecule has 2 aromatic heterocycles. The monoisotopic (exact) mass is 606 g/mol. The first-order chi connectivity index (χ1) is 22.0. The second-order valence-electron chi connectivity index (χ2n) is 13.6. The number of aromatic nitrogens is 2. The molecule has 0 N–H and O–H groups in total. The SMILES string of the molecule is Cc1c(C)c(C)c(N2C=CN(c3cccc(Oc4ccc5c6ccccc6n(-c6cc(C(C)(C)C)ccn6)c5c4)c3)C2)c(C)c1C. The predicted octanol–water partition coefficient (Wildman–Crippen LogP) is 10.6. The van der Waals surface area contributed by atoms with Crippen LogP contribution in [0.2, 0.25) is 0 Å². The molecule has 0 atom stereocenters. The highest BCUT2D eigenvalue weighted by molar-refractivity contribution is 6.09. The quantitative estimate of drug-likeness (QED) is 0.195. The number of fused-ring (bicyclic) bond motifs is 3. The molecule has 232 valence electrons. The molecule has 0 fully saturated rings. The Labute approximate surface area is 272 Å². The fourth-order valence-corrected chi connectivity index (χ4v) is 6.77. The molecule has 5 nitrogen and oxygen atoms in total. The maximum absolute atomic E-state index is 6.55. The molecule has 5 heteroatoms. The molecule has 0 saturated carbocycles. The van der Waals surface area contributed by atoms with E-state index in [1.54, 1.807) is 0 Å². The van der Waals surface area contributed by atoms with Crippen LogP contribution in [0.15, 0.2) is 97.5 Å². The molecular formula is C41H42N4O. The van der Waals surface area contributed by atoms with Crippen molar-refractivity contribution in [1.29, 1.82) is 0 Å². The zero-order valence-electron chi connectivity index (χ0n) is 28.1. The Balaban J connectivity index is 1.21. The van der Waals surface area contributed by atoms with E-state index in [9.17, 15) is 0 Å². The van der Waals surface area contributed by atoms with Crippen LogP contribution < -0.4 is 14.5 Å². The average molecular weight is 607 g/mol. The summed E-state index contributed by atoms with van der Waals surface area (Å²) in [5, 5.41) is 2.37. The highest BCUT2D eigenvalue weighted by atomic mass is 16.5. The third-order valence-electron chi connectivity index (χ3n) is 9.85. The predicted molar refractivity (Wildman–Crippen MR) is 193 cm³/mol. The fraction of sp³-hybridized carbons (Fsp3) is 0.244. The van der Waals surface area contributed by atoms with Gasteiger partial charge < -0.3 is 14.5 Å². The second kappa shape index (κ2) is 11.1. The van der Waals surface area contributed by atoms with Crippen molar-refractivity contribution in [3.05, 3.63) is 131 Å². The van der Waals surface area contributed by atoms with Crippen LogP contribution in [-0.4, -0.2) is 16.2 Å². The summed E-state index contributed by atoms with van der Waals surface area (Å²) in [5.41, 5.74) is 12.7. The van der Waals surface area contributed by atoms with Crippen LogP contribution in [0.4, 0.5) is 11.4 Å². The molecule has 0 unspecified atom stereocenters. The van der Waals surface area contributed by atoms with Crippen LogP contribution in [0, 0.1) is 34.6 Å². The Morgan fingerprint density at radius 1 is 0.630 bits per heavy atom. The van der Waals surface area contributed by atoms with Gasteiger partial charge in [0.2, 0.25) is 0 Å². The molecule has 7 rings (SSSR count). The van der Waals surface area contributed by atoms with Crippen LogP contribution in [0.25, 0.3) is 27.6 Å². The van der Waals surface area contributed by atoms with E-state index in [1.807, 2.05) is 12.3 Å². The number of nitrogens with zero attached hydrogens (tertiary/aromatic N) is 4. The van der Waals surface area contributed by atoms with Crippen LogP contribution in [0.3, 0.4) is 0 Å². The van der Waals surface area contributed by atoms with Crippen molar-refractivity contribution in [2.75, 3.05) is 16.5 Å². The standard InChI is InChI=1S/C41H42N4O/c1-26-27(2)29(4)40(30(5)28(26)3)44-21-20-43(25-44)32-12-11-13-33(23-32)46-34-16-17-36-35-14-9-10-15-37(35)45(38(36)24-34)39-22-31(18-19-42-39)41(6,7)8/h9-24H,25H2,1-8H3. The molecule has 0 amide bonds. The molecule has 3 heterocycles. The van der Waals surface area contributed by atoms with E-state index in [0.717, 1.165) is 40.7 Å². The smallest absolute Gasteiger partial charge is 0.137 e. The number of ether oxygens (including phenoxy) is 1. The zero-order valence-corrected chi connectivity index (χ0v) is 28.1. The third-order valence-corrected chi connectivity index (χ3v) is 9.85.